The average Bonchev–Trinajstić information content (AvgIpc) is 3.11. The molecule has 11 nitrogen and oxygen atoms in total. The fraction of sp³-hybridized carbons (Fsp3) is 0.316. The maximum absolute atomic E-state index is 13.4. The van der Waals surface area contributed by atoms with E-state index in [0.717, 1.165) is 32.7 Å². The zero-order chi connectivity index (χ0) is 34.6. The number of amides is 2. The largest absolute Gasteiger partial charge is 0.493 e. The molecule has 0 spiro atoms. The summed E-state index contributed by atoms with van der Waals surface area (Å²) in [7, 11) is 1.27. The number of nitrogens with one attached hydrogen (secondary N) is 2. The van der Waals surface area contributed by atoms with Crippen LogP contribution in [-0.2, 0) is 19.1 Å². The van der Waals surface area contributed by atoms with E-state index in [-0.39, 0.29) is 37.9 Å². The van der Waals surface area contributed by atoms with Gasteiger partial charge in [-0.3, -0.25) is 14.6 Å². The van der Waals surface area contributed by atoms with E-state index in [1.807, 2.05) is 48.5 Å². The highest BCUT2D eigenvalue weighted by Crippen LogP contribution is 2.45. The summed E-state index contributed by atoms with van der Waals surface area (Å²) in [5, 5.41) is 9.74. The van der Waals surface area contributed by atoms with Crippen LogP contribution in [0.25, 0.3) is 32.7 Å². The molecule has 0 saturated heterocycles. The summed E-state index contributed by atoms with van der Waals surface area (Å²) in [6, 6.07) is 22.4. The molecule has 6 N–H and O–H groups in total. The summed E-state index contributed by atoms with van der Waals surface area (Å²) < 4.78 is 17.8. The number of hydrogen-bond acceptors (Lipinski definition) is 7. The second kappa shape index (κ2) is 17.0. The number of guanidine groups is 1. The van der Waals surface area contributed by atoms with E-state index in [9.17, 15) is 14.4 Å². The molecule has 0 aliphatic carbocycles. The van der Waals surface area contributed by atoms with E-state index in [1.165, 1.54) is 7.11 Å². The molecule has 1 aliphatic rings. The summed E-state index contributed by atoms with van der Waals surface area (Å²) in [5.41, 5.74) is 12.6. The zero-order valence-corrected chi connectivity index (χ0v) is 27.7. The van der Waals surface area contributed by atoms with Gasteiger partial charge in [-0.05, 0) is 65.8 Å². The van der Waals surface area contributed by atoms with Gasteiger partial charge in [0.2, 0.25) is 11.8 Å². The standard InChI is InChI=1S/C38H43N5O6/c1-47-37(46)30-16-7-9-23-48-31-20-18-25-11-2-4-13-27(25)34(31)35-28-14-5-3-12-26(28)19-21-32(35)49-24-10-17-33(44)42-29(36(45)43-30)15-6-8-22-41-38(39)40/h2-5,7,9,11-14,18-21,29-30H,6,8,10,15-17,22-24H2,1H3,(H,42,44)(H,43,45)(H4,39,40,41)/b9-7+/t29-,30+/m1/s1. The number of fused-ring (bicyclic) bond motifs is 7. The molecule has 4 aromatic rings. The number of ether oxygens (including phenoxy) is 3. The van der Waals surface area contributed by atoms with Crippen molar-refractivity contribution >= 4 is 45.3 Å². The van der Waals surface area contributed by atoms with Crippen molar-refractivity contribution in [2.75, 3.05) is 26.9 Å². The minimum absolute atomic E-state index is 0.00686. The molecular formula is C38H43N5O6. The second-order valence-electron chi connectivity index (χ2n) is 11.8. The van der Waals surface area contributed by atoms with Gasteiger partial charge in [0.05, 0.1) is 13.7 Å². The Morgan fingerprint density at radius 2 is 1.51 bits per heavy atom. The van der Waals surface area contributed by atoms with Gasteiger partial charge in [0, 0.05) is 24.1 Å². The Kier molecular flexibility index (Phi) is 12.1. The molecule has 2 amide bonds. The number of nitrogens with zero attached hydrogens (tertiary/aromatic N) is 1. The number of methoxy groups -OCH3 is 1. The van der Waals surface area contributed by atoms with Crippen LogP contribution in [0.15, 0.2) is 89.9 Å². The molecule has 0 radical (unpaired) electrons. The number of esters is 1. The zero-order valence-electron chi connectivity index (χ0n) is 27.7. The van der Waals surface area contributed by atoms with Gasteiger partial charge in [0.25, 0.3) is 0 Å². The summed E-state index contributed by atoms with van der Waals surface area (Å²) in [6.45, 7) is 0.876. The van der Waals surface area contributed by atoms with E-state index in [4.69, 9.17) is 25.7 Å². The predicted molar refractivity (Wildman–Crippen MR) is 191 cm³/mol. The van der Waals surface area contributed by atoms with Crippen LogP contribution in [0.4, 0.5) is 0 Å². The second-order valence-corrected chi connectivity index (χ2v) is 11.8. The molecule has 0 fully saturated rings. The van der Waals surface area contributed by atoms with Gasteiger partial charge in [-0.1, -0.05) is 72.8 Å². The lowest BCUT2D eigenvalue weighted by Gasteiger charge is -2.22. The Morgan fingerprint density at radius 3 is 2.16 bits per heavy atom. The predicted octanol–water partition coefficient (Wildman–Crippen LogP) is 4.74. The molecule has 2 atom stereocenters. The van der Waals surface area contributed by atoms with E-state index < -0.39 is 24.0 Å². The number of hydrogen-bond donors (Lipinski definition) is 4. The van der Waals surface area contributed by atoms with Crippen molar-refractivity contribution < 1.29 is 28.6 Å². The number of nitrogens with two attached hydrogens (primary N) is 2. The number of aliphatic imine (C=N–C) groups is 1. The first-order chi connectivity index (χ1) is 23.9. The number of benzene rings is 4. The minimum Gasteiger partial charge on any atom is -0.493 e. The first-order valence-corrected chi connectivity index (χ1v) is 16.5. The Morgan fingerprint density at radius 1 is 0.857 bits per heavy atom. The molecule has 0 saturated carbocycles. The van der Waals surface area contributed by atoms with Crippen molar-refractivity contribution in [1.82, 2.24) is 10.6 Å². The third-order valence-electron chi connectivity index (χ3n) is 8.36. The summed E-state index contributed by atoms with van der Waals surface area (Å²) in [4.78, 5) is 43.2. The van der Waals surface area contributed by atoms with E-state index in [1.54, 1.807) is 12.2 Å². The van der Waals surface area contributed by atoms with Crippen molar-refractivity contribution in [1.29, 1.82) is 0 Å². The maximum Gasteiger partial charge on any atom is 0.328 e. The van der Waals surface area contributed by atoms with Crippen molar-refractivity contribution in [2.24, 2.45) is 16.5 Å². The quantitative estimate of drug-likeness (QED) is 0.0753. The minimum atomic E-state index is -0.959. The topological polar surface area (TPSA) is 167 Å². The van der Waals surface area contributed by atoms with Crippen LogP contribution in [0.2, 0.25) is 0 Å². The van der Waals surface area contributed by atoms with Gasteiger partial charge in [-0.15, -0.1) is 0 Å². The number of rotatable bonds is 6. The molecule has 5 rings (SSSR count). The highest BCUT2D eigenvalue weighted by molar-refractivity contribution is 6.09. The lowest BCUT2D eigenvalue weighted by atomic mass is 9.92. The summed E-state index contributed by atoms with van der Waals surface area (Å²) in [6.07, 6.45) is 5.79. The summed E-state index contributed by atoms with van der Waals surface area (Å²) >= 11 is 0. The molecule has 1 aliphatic heterocycles. The molecular weight excluding hydrogens is 622 g/mol. The molecule has 0 aromatic heterocycles. The van der Waals surface area contributed by atoms with Crippen LogP contribution < -0.4 is 31.6 Å². The third kappa shape index (κ3) is 9.07. The van der Waals surface area contributed by atoms with Crippen LogP contribution in [-0.4, -0.2) is 62.7 Å². The first kappa shape index (κ1) is 34.7. The van der Waals surface area contributed by atoms with Crippen LogP contribution in [0, 0.1) is 0 Å². The first-order valence-electron chi connectivity index (χ1n) is 16.5. The van der Waals surface area contributed by atoms with Gasteiger partial charge in [-0.2, -0.15) is 0 Å². The highest BCUT2D eigenvalue weighted by Gasteiger charge is 2.27. The van der Waals surface area contributed by atoms with Crippen LogP contribution in [0.1, 0.15) is 38.5 Å². The van der Waals surface area contributed by atoms with Gasteiger partial charge in [0.15, 0.2) is 5.96 Å². The van der Waals surface area contributed by atoms with Crippen molar-refractivity contribution in [3.8, 4) is 22.6 Å². The van der Waals surface area contributed by atoms with Crippen LogP contribution >= 0.6 is 0 Å². The SMILES string of the molecule is COC(=O)[C@@H]1C/C=C/COc2ccc3ccccc3c2-c2c(ccc3ccccc23)OCCCC(=O)N[C@H](CCCCN=C(N)N)C(=O)N1. The van der Waals surface area contributed by atoms with E-state index in [2.05, 4.69) is 39.9 Å². The third-order valence-corrected chi connectivity index (χ3v) is 8.36. The number of carbonyl (C=O) groups excluding carboxylic acids is 3. The van der Waals surface area contributed by atoms with Gasteiger partial charge in [0.1, 0.15) is 30.2 Å². The van der Waals surface area contributed by atoms with Crippen LogP contribution in [0.3, 0.4) is 0 Å². The average molecular weight is 666 g/mol. The summed E-state index contributed by atoms with van der Waals surface area (Å²) in [5.74, 6) is -0.0438. The Balaban J connectivity index is 1.48. The lowest BCUT2D eigenvalue weighted by molar-refractivity contribution is -0.145. The molecule has 11 heteroatoms. The lowest BCUT2D eigenvalue weighted by Crippen LogP contribution is -2.51. The molecule has 0 unspecified atom stereocenters. The number of unbranched alkanes of at least 4 members (excludes halogenated alkanes) is 1. The monoisotopic (exact) mass is 665 g/mol. The van der Waals surface area contributed by atoms with Gasteiger partial charge < -0.3 is 36.3 Å². The van der Waals surface area contributed by atoms with E-state index >= 15 is 0 Å². The number of carbonyl (C=O) groups is 3. The molecule has 0 bridgehead atoms. The molecule has 49 heavy (non-hydrogen) atoms. The Labute approximate surface area is 285 Å². The fourth-order valence-corrected chi connectivity index (χ4v) is 5.94. The normalized spacial score (nSPS) is 18.1. The maximum atomic E-state index is 13.4. The smallest absolute Gasteiger partial charge is 0.328 e. The van der Waals surface area contributed by atoms with Gasteiger partial charge in [-0.25, -0.2) is 4.79 Å². The van der Waals surface area contributed by atoms with Crippen molar-refractivity contribution in [3.05, 3.63) is 84.9 Å². The van der Waals surface area contributed by atoms with Gasteiger partial charge >= 0.3 is 5.97 Å². The van der Waals surface area contributed by atoms with Crippen molar-refractivity contribution in [2.45, 2.75) is 50.6 Å². The highest BCUT2D eigenvalue weighted by atomic mass is 16.5. The van der Waals surface area contributed by atoms with Crippen LogP contribution in [0.5, 0.6) is 11.5 Å². The Hall–Kier alpha value is -5.58. The molecule has 256 valence electrons. The molecule has 4 aromatic carbocycles. The Bertz CT molecular complexity index is 1850. The fourth-order valence-electron chi connectivity index (χ4n) is 5.94. The molecule has 1 heterocycles. The van der Waals surface area contributed by atoms with E-state index in [0.29, 0.717) is 43.7 Å². The van der Waals surface area contributed by atoms with Crippen molar-refractivity contribution in [3.63, 3.8) is 0 Å².